The van der Waals surface area contributed by atoms with Crippen LogP contribution in [-0.4, -0.2) is 14.5 Å². The van der Waals surface area contributed by atoms with Crippen LogP contribution in [0.1, 0.15) is 37.9 Å². The van der Waals surface area contributed by atoms with E-state index in [0.29, 0.717) is 0 Å². The van der Waals surface area contributed by atoms with Gasteiger partial charge in [0.05, 0.1) is 6.54 Å². The molecule has 0 aliphatic heterocycles. The number of aryl methyl sites for hydroxylation is 1. The summed E-state index contributed by atoms with van der Waals surface area (Å²) in [6.45, 7) is 9.42. The zero-order valence-corrected chi connectivity index (χ0v) is 13.1. The van der Waals surface area contributed by atoms with Gasteiger partial charge in [-0.05, 0) is 24.6 Å². The first-order valence-electron chi connectivity index (χ1n) is 7.33. The topological polar surface area (TPSA) is 30.7 Å². The summed E-state index contributed by atoms with van der Waals surface area (Å²) in [7, 11) is 0. The number of hydrogen-bond donors (Lipinski definition) is 0. The Hall–Kier alpha value is -2.16. The molecule has 0 unspecified atom stereocenters. The minimum Gasteiger partial charge on any atom is -0.308 e. The fourth-order valence-corrected chi connectivity index (χ4v) is 2.58. The van der Waals surface area contributed by atoms with Crippen molar-refractivity contribution < 1.29 is 0 Å². The Kier molecular flexibility index (Phi) is 3.28. The summed E-state index contributed by atoms with van der Waals surface area (Å²) in [4.78, 5) is 9.53. The summed E-state index contributed by atoms with van der Waals surface area (Å²) >= 11 is 0. The second kappa shape index (κ2) is 4.99. The molecule has 0 aliphatic rings. The van der Waals surface area contributed by atoms with E-state index in [1.165, 1.54) is 5.56 Å². The third-order valence-corrected chi connectivity index (χ3v) is 3.59. The van der Waals surface area contributed by atoms with Gasteiger partial charge in [0, 0.05) is 11.1 Å². The smallest absolute Gasteiger partial charge is 0.160 e. The van der Waals surface area contributed by atoms with Gasteiger partial charge in [-0.15, -0.1) is 0 Å². The van der Waals surface area contributed by atoms with Crippen LogP contribution in [0.2, 0.25) is 0 Å². The van der Waals surface area contributed by atoms with Gasteiger partial charge in [-0.25, -0.2) is 9.97 Å². The standard InChI is InChI=1S/C18H21N3/c1-13-10-11-15-16(19-13)21(17(20-15)18(2,3)4)12-14-8-6-5-7-9-14/h5-11H,12H2,1-4H3. The molecule has 3 rings (SSSR count). The summed E-state index contributed by atoms with van der Waals surface area (Å²) in [5, 5.41) is 0. The lowest BCUT2D eigenvalue weighted by atomic mass is 9.95. The third kappa shape index (κ3) is 2.68. The van der Waals surface area contributed by atoms with Crippen LogP contribution in [0.4, 0.5) is 0 Å². The molecule has 0 bridgehead atoms. The predicted octanol–water partition coefficient (Wildman–Crippen LogP) is 4.09. The van der Waals surface area contributed by atoms with Gasteiger partial charge in [-0.2, -0.15) is 0 Å². The van der Waals surface area contributed by atoms with Gasteiger partial charge >= 0.3 is 0 Å². The molecule has 3 heteroatoms. The molecule has 0 saturated heterocycles. The first-order valence-corrected chi connectivity index (χ1v) is 7.33. The van der Waals surface area contributed by atoms with Crippen molar-refractivity contribution in [1.82, 2.24) is 14.5 Å². The van der Waals surface area contributed by atoms with Crippen LogP contribution in [0.3, 0.4) is 0 Å². The predicted molar refractivity (Wildman–Crippen MR) is 86.5 cm³/mol. The van der Waals surface area contributed by atoms with Crippen molar-refractivity contribution in [3.05, 3.63) is 59.5 Å². The third-order valence-electron chi connectivity index (χ3n) is 3.59. The van der Waals surface area contributed by atoms with Crippen molar-refractivity contribution in [2.45, 2.75) is 39.7 Å². The molecule has 0 aliphatic carbocycles. The largest absolute Gasteiger partial charge is 0.308 e. The van der Waals surface area contributed by atoms with Gasteiger partial charge in [0.25, 0.3) is 0 Å². The van der Waals surface area contributed by atoms with Gasteiger partial charge in [-0.3, -0.25) is 0 Å². The Labute approximate surface area is 125 Å². The molecule has 0 saturated carbocycles. The van der Waals surface area contributed by atoms with E-state index in [4.69, 9.17) is 9.97 Å². The van der Waals surface area contributed by atoms with Gasteiger partial charge < -0.3 is 4.57 Å². The molecular formula is C18H21N3. The van der Waals surface area contributed by atoms with Gasteiger partial charge in [-0.1, -0.05) is 51.1 Å². The molecule has 0 N–H and O–H groups in total. The van der Waals surface area contributed by atoms with Gasteiger partial charge in [0.1, 0.15) is 11.3 Å². The second-order valence-corrected chi connectivity index (χ2v) is 6.55. The van der Waals surface area contributed by atoms with E-state index >= 15 is 0 Å². The second-order valence-electron chi connectivity index (χ2n) is 6.55. The van der Waals surface area contributed by atoms with Crippen LogP contribution >= 0.6 is 0 Å². The molecular weight excluding hydrogens is 258 g/mol. The summed E-state index contributed by atoms with van der Waals surface area (Å²) in [5.41, 5.74) is 4.23. The minimum atomic E-state index is -0.0105. The van der Waals surface area contributed by atoms with E-state index in [1.807, 2.05) is 19.1 Å². The van der Waals surface area contributed by atoms with Crippen molar-refractivity contribution >= 4 is 11.2 Å². The van der Waals surface area contributed by atoms with Crippen molar-refractivity contribution in [3.63, 3.8) is 0 Å². The van der Waals surface area contributed by atoms with Crippen molar-refractivity contribution in [3.8, 4) is 0 Å². The Balaban J connectivity index is 2.20. The number of benzene rings is 1. The highest BCUT2D eigenvalue weighted by Crippen LogP contribution is 2.26. The number of hydrogen-bond acceptors (Lipinski definition) is 2. The van der Waals surface area contributed by atoms with E-state index in [9.17, 15) is 0 Å². The number of fused-ring (bicyclic) bond motifs is 1. The zero-order valence-electron chi connectivity index (χ0n) is 13.1. The number of nitrogens with zero attached hydrogens (tertiary/aromatic N) is 3. The highest BCUT2D eigenvalue weighted by molar-refractivity contribution is 5.72. The molecule has 0 fully saturated rings. The van der Waals surface area contributed by atoms with Crippen LogP contribution in [0.5, 0.6) is 0 Å². The SMILES string of the molecule is Cc1ccc2nc(C(C)(C)C)n(Cc3ccccc3)c2n1. The van der Waals surface area contributed by atoms with E-state index in [0.717, 1.165) is 29.2 Å². The molecule has 0 radical (unpaired) electrons. The maximum absolute atomic E-state index is 4.82. The number of aromatic nitrogens is 3. The molecule has 108 valence electrons. The zero-order chi connectivity index (χ0) is 15.0. The molecule has 21 heavy (non-hydrogen) atoms. The lowest BCUT2D eigenvalue weighted by Crippen LogP contribution is -2.19. The van der Waals surface area contributed by atoms with Crippen molar-refractivity contribution in [1.29, 1.82) is 0 Å². The molecule has 2 aromatic heterocycles. The molecule has 2 heterocycles. The molecule has 1 aromatic carbocycles. The quantitative estimate of drug-likeness (QED) is 0.707. The highest BCUT2D eigenvalue weighted by Gasteiger charge is 2.23. The van der Waals surface area contributed by atoms with Crippen LogP contribution in [0, 0.1) is 6.92 Å². The van der Waals surface area contributed by atoms with Gasteiger partial charge in [0.15, 0.2) is 5.65 Å². The Morgan fingerprint density at radius 1 is 0.952 bits per heavy atom. The first kappa shape index (κ1) is 13.8. The fraction of sp³-hybridized carbons (Fsp3) is 0.333. The minimum absolute atomic E-state index is 0.0105. The van der Waals surface area contributed by atoms with E-state index in [2.05, 4.69) is 55.7 Å². The molecule has 0 amide bonds. The average molecular weight is 279 g/mol. The average Bonchev–Trinajstić information content (AvgIpc) is 2.78. The lowest BCUT2D eigenvalue weighted by molar-refractivity contribution is 0.515. The fourth-order valence-electron chi connectivity index (χ4n) is 2.58. The van der Waals surface area contributed by atoms with Gasteiger partial charge in [0.2, 0.25) is 0 Å². The first-order chi connectivity index (χ1) is 9.95. The Morgan fingerprint density at radius 2 is 1.67 bits per heavy atom. The van der Waals surface area contributed by atoms with E-state index in [1.54, 1.807) is 0 Å². The Bertz CT molecular complexity index is 764. The van der Waals surface area contributed by atoms with E-state index < -0.39 is 0 Å². The number of imidazole rings is 1. The van der Waals surface area contributed by atoms with Crippen LogP contribution in [0.25, 0.3) is 11.2 Å². The van der Waals surface area contributed by atoms with Crippen LogP contribution in [-0.2, 0) is 12.0 Å². The highest BCUT2D eigenvalue weighted by atomic mass is 15.1. The molecule has 3 nitrogen and oxygen atoms in total. The summed E-state index contributed by atoms with van der Waals surface area (Å²) in [6.07, 6.45) is 0. The molecule has 0 atom stereocenters. The van der Waals surface area contributed by atoms with E-state index in [-0.39, 0.29) is 5.41 Å². The normalized spacial score (nSPS) is 12.0. The molecule has 0 spiro atoms. The van der Waals surface area contributed by atoms with Crippen LogP contribution < -0.4 is 0 Å². The van der Waals surface area contributed by atoms with Crippen LogP contribution in [0.15, 0.2) is 42.5 Å². The number of pyridine rings is 1. The monoisotopic (exact) mass is 279 g/mol. The summed E-state index contributed by atoms with van der Waals surface area (Å²) in [6, 6.07) is 14.6. The van der Waals surface area contributed by atoms with Crippen molar-refractivity contribution in [2.75, 3.05) is 0 Å². The summed E-state index contributed by atoms with van der Waals surface area (Å²) < 4.78 is 2.25. The lowest BCUT2D eigenvalue weighted by Gasteiger charge is -2.20. The maximum atomic E-state index is 4.82. The summed E-state index contributed by atoms with van der Waals surface area (Å²) in [5.74, 6) is 1.08. The Morgan fingerprint density at radius 3 is 2.33 bits per heavy atom. The molecule has 3 aromatic rings. The maximum Gasteiger partial charge on any atom is 0.160 e. The van der Waals surface area contributed by atoms with Crippen molar-refractivity contribution in [2.24, 2.45) is 0 Å². The number of rotatable bonds is 2.